The normalized spacial score (nSPS) is 17.1. The lowest BCUT2D eigenvalue weighted by Gasteiger charge is -2.23. The molecule has 34 heavy (non-hydrogen) atoms. The van der Waals surface area contributed by atoms with Crippen molar-refractivity contribution in [2.75, 3.05) is 11.9 Å². The monoisotopic (exact) mass is 465 g/mol. The fourth-order valence-electron chi connectivity index (χ4n) is 3.81. The Bertz CT molecular complexity index is 1190. The maximum atomic E-state index is 13.2. The molecule has 0 bridgehead atoms. The quantitative estimate of drug-likeness (QED) is 0.380. The minimum absolute atomic E-state index is 0.0235. The van der Waals surface area contributed by atoms with E-state index in [1.165, 1.54) is 29.0 Å². The van der Waals surface area contributed by atoms with Crippen LogP contribution in [0.4, 0.5) is 5.69 Å². The molecule has 0 saturated carbocycles. The van der Waals surface area contributed by atoms with Gasteiger partial charge in [0.15, 0.2) is 5.69 Å². The summed E-state index contributed by atoms with van der Waals surface area (Å²) in [6, 6.07) is 3.00. The molecule has 0 unspecified atom stereocenters. The summed E-state index contributed by atoms with van der Waals surface area (Å²) in [4.78, 5) is 50.6. The van der Waals surface area contributed by atoms with Crippen molar-refractivity contribution in [3.05, 3.63) is 58.4 Å². The number of aromatic nitrogens is 2. The molecule has 3 rings (SSSR count). The predicted molar refractivity (Wildman–Crippen MR) is 125 cm³/mol. The zero-order chi connectivity index (χ0) is 24.7. The highest BCUT2D eigenvalue weighted by Gasteiger charge is 2.29. The summed E-state index contributed by atoms with van der Waals surface area (Å²) in [6.07, 6.45) is 11.6. The van der Waals surface area contributed by atoms with E-state index in [4.69, 9.17) is 10.9 Å². The average Bonchev–Trinajstić information content (AvgIpc) is 3.42. The van der Waals surface area contributed by atoms with Crippen molar-refractivity contribution in [3.63, 3.8) is 0 Å². The highest BCUT2D eigenvalue weighted by Crippen LogP contribution is 2.18. The molecule has 3 N–H and O–H groups in total. The van der Waals surface area contributed by atoms with Crippen molar-refractivity contribution < 1.29 is 18.9 Å². The van der Waals surface area contributed by atoms with Crippen LogP contribution in [-0.4, -0.2) is 40.0 Å². The summed E-state index contributed by atoms with van der Waals surface area (Å²) >= 11 is 0. The minimum Gasteiger partial charge on any atom is -0.361 e. The third-order valence-electron chi connectivity index (χ3n) is 5.49. The first kappa shape index (κ1) is 24.5. The zero-order valence-corrected chi connectivity index (χ0v) is 19.0. The van der Waals surface area contributed by atoms with E-state index in [0.29, 0.717) is 25.1 Å². The molecule has 178 valence electrons. The molecule has 0 spiro atoms. The maximum Gasteiger partial charge on any atom is 0.278 e. The molecular weight excluding hydrogens is 438 g/mol. The fraction of sp³-hybridized carbons (Fsp3) is 0.375. The van der Waals surface area contributed by atoms with Gasteiger partial charge in [-0.3, -0.25) is 19.2 Å². The molecule has 0 aromatic carbocycles. The van der Waals surface area contributed by atoms with Gasteiger partial charge in [-0.05, 0) is 38.8 Å². The van der Waals surface area contributed by atoms with Gasteiger partial charge < -0.3 is 25.0 Å². The van der Waals surface area contributed by atoms with Crippen LogP contribution in [0.15, 0.2) is 45.9 Å². The molecule has 2 aromatic rings. The number of hydrogen-bond donors (Lipinski definition) is 3. The number of carbonyl (C=O) groups is 3. The number of nitrogens with one attached hydrogen (secondary N) is 3. The van der Waals surface area contributed by atoms with E-state index in [2.05, 4.69) is 27.0 Å². The van der Waals surface area contributed by atoms with Crippen molar-refractivity contribution in [1.82, 2.24) is 20.4 Å². The Hall–Kier alpha value is -4.13. The number of allylic oxidation sites excluding steroid dienone is 1. The van der Waals surface area contributed by atoms with E-state index in [-0.39, 0.29) is 29.6 Å². The molecule has 1 aliphatic rings. The van der Waals surface area contributed by atoms with Crippen LogP contribution in [0.1, 0.15) is 48.5 Å². The summed E-state index contributed by atoms with van der Waals surface area (Å²) < 4.78 is 6.08. The third-order valence-corrected chi connectivity index (χ3v) is 5.49. The number of hydrogen-bond acceptors (Lipinski definition) is 6. The van der Waals surface area contributed by atoms with Gasteiger partial charge in [0.05, 0.1) is 0 Å². The largest absolute Gasteiger partial charge is 0.361 e. The molecule has 0 radical (unpaired) electrons. The Balaban J connectivity index is 1.80. The van der Waals surface area contributed by atoms with Crippen LogP contribution in [0, 0.1) is 25.2 Å². The SMILES string of the molecule is C#CC[C@@H](C(=O)N[C@H](/C=C/C)C[C@@H]1CCNC1=O)n1cccc(NC(=O)c2cc(C)on2)c1=O. The Labute approximate surface area is 196 Å². The second-order valence-corrected chi connectivity index (χ2v) is 7.99. The van der Waals surface area contributed by atoms with Crippen molar-refractivity contribution in [2.45, 2.75) is 45.2 Å². The second kappa shape index (κ2) is 11.1. The summed E-state index contributed by atoms with van der Waals surface area (Å²) in [5.41, 5.74) is -0.602. The number of pyridine rings is 1. The first-order valence-corrected chi connectivity index (χ1v) is 10.9. The molecule has 2 aromatic heterocycles. The van der Waals surface area contributed by atoms with Gasteiger partial charge in [-0.25, -0.2) is 0 Å². The number of terminal acetylenes is 1. The average molecular weight is 466 g/mol. The summed E-state index contributed by atoms with van der Waals surface area (Å²) in [7, 11) is 0. The van der Waals surface area contributed by atoms with E-state index in [0.717, 1.165) is 0 Å². The smallest absolute Gasteiger partial charge is 0.278 e. The van der Waals surface area contributed by atoms with E-state index < -0.39 is 29.5 Å². The first-order chi connectivity index (χ1) is 16.3. The predicted octanol–water partition coefficient (Wildman–Crippen LogP) is 1.55. The zero-order valence-electron chi connectivity index (χ0n) is 19.0. The van der Waals surface area contributed by atoms with Crippen LogP contribution in [0.25, 0.3) is 0 Å². The van der Waals surface area contributed by atoms with Crippen LogP contribution in [0.5, 0.6) is 0 Å². The molecule has 3 heterocycles. The second-order valence-electron chi connectivity index (χ2n) is 7.99. The molecule has 3 amide bonds. The summed E-state index contributed by atoms with van der Waals surface area (Å²) in [5, 5.41) is 11.8. The van der Waals surface area contributed by atoms with Crippen LogP contribution >= 0.6 is 0 Å². The van der Waals surface area contributed by atoms with Gasteiger partial charge in [-0.2, -0.15) is 0 Å². The highest BCUT2D eigenvalue weighted by atomic mass is 16.5. The Kier molecular flexibility index (Phi) is 8.03. The molecule has 3 atom stereocenters. The van der Waals surface area contributed by atoms with E-state index >= 15 is 0 Å². The molecule has 10 nitrogen and oxygen atoms in total. The van der Waals surface area contributed by atoms with Gasteiger partial charge in [-0.15, -0.1) is 12.3 Å². The number of aryl methyl sites for hydroxylation is 1. The molecule has 0 aliphatic carbocycles. The van der Waals surface area contributed by atoms with Crippen molar-refractivity contribution in [1.29, 1.82) is 0 Å². The lowest BCUT2D eigenvalue weighted by atomic mass is 9.97. The lowest BCUT2D eigenvalue weighted by molar-refractivity contribution is -0.126. The number of amides is 3. The number of carbonyl (C=O) groups excluding carboxylic acids is 3. The molecular formula is C24H27N5O5. The molecule has 1 saturated heterocycles. The van der Waals surface area contributed by atoms with Gasteiger partial charge in [0.1, 0.15) is 17.5 Å². The number of anilines is 1. The van der Waals surface area contributed by atoms with Gasteiger partial charge in [0, 0.05) is 37.2 Å². The van der Waals surface area contributed by atoms with Crippen molar-refractivity contribution in [2.24, 2.45) is 5.92 Å². The van der Waals surface area contributed by atoms with Gasteiger partial charge in [-0.1, -0.05) is 17.3 Å². The van der Waals surface area contributed by atoms with Crippen LogP contribution in [0.3, 0.4) is 0 Å². The Morgan fingerprint density at radius 2 is 2.24 bits per heavy atom. The topological polar surface area (TPSA) is 135 Å². The van der Waals surface area contributed by atoms with Crippen molar-refractivity contribution >= 4 is 23.4 Å². The van der Waals surface area contributed by atoms with E-state index in [1.54, 1.807) is 19.1 Å². The standard InChI is InChI=1S/C24H27N5O5/c1-4-7-17(14-16-10-11-25-21(16)30)26-23(32)20(8-5-2)29-12-6-9-18(24(29)33)27-22(31)19-13-15(3)34-28-19/h2,4,6-7,9,12-13,16-17,20H,8,10-11,14H2,1,3H3,(H,25,30)(H,26,32)(H,27,31)/b7-4+/t16-,17+,20-/m0/s1. The van der Waals surface area contributed by atoms with Gasteiger partial charge >= 0.3 is 0 Å². The van der Waals surface area contributed by atoms with Crippen LogP contribution in [-0.2, 0) is 9.59 Å². The van der Waals surface area contributed by atoms with Crippen LogP contribution in [0.2, 0.25) is 0 Å². The highest BCUT2D eigenvalue weighted by molar-refractivity contribution is 6.02. The molecule has 10 heteroatoms. The van der Waals surface area contributed by atoms with E-state index in [9.17, 15) is 19.2 Å². The summed E-state index contributed by atoms with van der Waals surface area (Å²) in [6.45, 7) is 4.07. The lowest BCUT2D eigenvalue weighted by Crippen LogP contribution is -2.43. The number of nitrogens with zero attached hydrogens (tertiary/aromatic N) is 2. The maximum absolute atomic E-state index is 13.2. The Morgan fingerprint density at radius 1 is 1.44 bits per heavy atom. The first-order valence-electron chi connectivity index (χ1n) is 10.9. The van der Waals surface area contributed by atoms with Gasteiger partial charge in [0.2, 0.25) is 11.8 Å². The fourth-order valence-corrected chi connectivity index (χ4v) is 3.81. The molecule has 1 aliphatic heterocycles. The van der Waals surface area contributed by atoms with Crippen LogP contribution < -0.4 is 21.5 Å². The number of rotatable bonds is 9. The van der Waals surface area contributed by atoms with Crippen molar-refractivity contribution in [3.8, 4) is 12.3 Å². The van der Waals surface area contributed by atoms with Gasteiger partial charge in [0.25, 0.3) is 11.5 Å². The minimum atomic E-state index is -1.01. The third kappa shape index (κ3) is 5.81. The summed E-state index contributed by atoms with van der Waals surface area (Å²) in [5.74, 6) is 1.57. The molecule has 1 fully saturated rings. The van der Waals surface area contributed by atoms with E-state index in [1.807, 2.05) is 6.92 Å². The Morgan fingerprint density at radius 3 is 2.85 bits per heavy atom.